The fourth-order valence-corrected chi connectivity index (χ4v) is 3.19. The van der Waals surface area contributed by atoms with Crippen LogP contribution in [-0.2, 0) is 0 Å². The lowest BCUT2D eigenvalue weighted by Gasteiger charge is -2.24. The number of hydrogen-bond acceptors (Lipinski definition) is 3. The summed E-state index contributed by atoms with van der Waals surface area (Å²) in [5.74, 6) is 0.531. The van der Waals surface area contributed by atoms with Gasteiger partial charge in [-0.2, -0.15) is 0 Å². The van der Waals surface area contributed by atoms with Gasteiger partial charge in [0.15, 0.2) is 0 Å². The molecule has 0 aliphatic carbocycles. The predicted molar refractivity (Wildman–Crippen MR) is 94.0 cm³/mol. The number of urea groups is 1. The van der Waals surface area contributed by atoms with E-state index in [0.717, 1.165) is 37.3 Å². The lowest BCUT2D eigenvalue weighted by Crippen LogP contribution is -2.47. The van der Waals surface area contributed by atoms with Crippen molar-refractivity contribution < 1.29 is 13.6 Å². The Labute approximate surface area is 147 Å². The average Bonchev–Trinajstić information content (AvgIpc) is 3.15. The van der Waals surface area contributed by atoms with Crippen LogP contribution in [0.2, 0.25) is 0 Å². The number of piperidine rings is 1. The first-order chi connectivity index (χ1) is 12.2. The summed E-state index contributed by atoms with van der Waals surface area (Å²) in [6, 6.07) is 10.3. The molecule has 0 radical (unpaired) electrons. The van der Waals surface area contributed by atoms with E-state index in [1.807, 2.05) is 12.1 Å². The third-order valence-corrected chi connectivity index (χ3v) is 4.55. The summed E-state index contributed by atoms with van der Waals surface area (Å²) in [4.78, 5) is 12.0. The number of furan rings is 1. The fraction of sp³-hybridized carbons (Fsp3) is 0.421. The van der Waals surface area contributed by atoms with Crippen LogP contribution in [0, 0.1) is 5.82 Å². The molecule has 1 atom stereocenters. The van der Waals surface area contributed by atoms with Gasteiger partial charge in [0.05, 0.1) is 6.26 Å². The Morgan fingerprint density at radius 2 is 2.00 bits per heavy atom. The number of nitrogens with one attached hydrogen (secondary N) is 3. The summed E-state index contributed by atoms with van der Waals surface area (Å²) < 4.78 is 18.7. The van der Waals surface area contributed by atoms with Crippen LogP contribution in [0.25, 0.3) is 0 Å². The maximum Gasteiger partial charge on any atom is 0.315 e. The Balaban J connectivity index is 1.54. The summed E-state index contributed by atoms with van der Waals surface area (Å²) in [5, 5.41) is 9.20. The maximum atomic E-state index is 13.2. The van der Waals surface area contributed by atoms with E-state index in [1.165, 1.54) is 12.1 Å². The fourth-order valence-electron chi connectivity index (χ4n) is 3.19. The van der Waals surface area contributed by atoms with Gasteiger partial charge in [0, 0.05) is 18.5 Å². The summed E-state index contributed by atoms with van der Waals surface area (Å²) in [6.45, 7) is 2.39. The quantitative estimate of drug-likeness (QED) is 0.754. The molecular formula is C19H24FN3O2. The summed E-state index contributed by atoms with van der Waals surface area (Å²) in [7, 11) is 0. The third-order valence-electron chi connectivity index (χ3n) is 4.55. The molecule has 1 unspecified atom stereocenters. The van der Waals surface area contributed by atoms with Crippen LogP contribution in [0.5, 0.6) is 0 Å². The highest BCUT2D eigenvalue weighted by Gasteiger charge is 2.18. The molecule has 0 bridgehead atoms. The van der Waals surface area contributed by atoms with Crippen molar-refractivity contribution in [1.82, 2.24) is 16.0 Å². The first kappa shape index (κ1) is 17.5. The number of rotatable bonds is 6. The highest BCUT2D eigenvalue weighted by Crippen LogP contribution is 2.28. The van der Waals surface area contributed by atoms with Crippen LogP contribution >= 0.6 is 0 Å². The van der Waals surface area contributed by atoms with Crippen molar-refractivity contribution in [2.75, 3.05) is 19.6 Å². The normalized spacial score (nSPS) is 16.4. The van der Waals surface area contributed by atoms with Gasteiger partial charge in [0.2, 0.25) is 0 Å². The van der Waals surface area contributed by atoms with E-state index in [1.54, 1.807) is 18.4 Å². The molecule has 1 aliphatic rings. The zero-order valence-electron chi connectivity index (χ0n) is 14.1. The zero-order chi connectivity index (χ0) is 17.5. The van der Waals surface area contributed by atoms with Gasteiger partial charge in [-0.15, -0.1) is 0 Å². The van der Waals surface area contributed by atoms with E-state index in [-0.39, 0.29) is 23.8 Å². The van der Waals surface area contributed by atoms with Gasteiger partial charge >= 0.3 is 6.03 Å². The molecular weight excluding hydrogens is 321 g/mol. The number of halogens is 1. The minimum absolute atomic E-state index is 0.0187. The van der Waals surface area contributed by atoms with Gasteiger partial charge in [-0.1, -0.05) is 12.1 Å². The largest absolute Gasteiger partial charge is 0.469 e. The van der Waals surface area contributed by atoms with Crippen LogP contribution in [0.3, 0.4) is 0 Å². The number of amides is 2. The van der Waals surface area contributed by atoms with Crippen LogP contribution in [0.1, 0.15) is 36.5 Å². The van der Waals surface area contributed by atoms with E-state index in [4.69, 9.17) is 4.42 Å². The third kappa shape index (κ3) is 5.06. The van der Waals surface area contributed by atoms with Gasteiger partial charge in [0.1, 0.15) is 11.6 Å². The second-order valence-corrected chi connectivity index (χ2v) is 6.33. The van der Waals surface area contributed by atoms with E-state index < -0.39 is 0 Å². The highest BCUT2D eigenvalue weighted by molar-refractivity contribution is 5.74. The lowest BCUT2D eigenvalue weighted by atomic mass is 9.93. The maximum absolute atomic E-state index is 13.2. The summed E-state index contributed by atoms with van der Waals surface area (Å²) >= 11 is 0. The molecule has 2 aromatic rings. The SMILES string of the molecule is O=C(NCCC(c1ccc(F)cc1)c1ccco1)NC1CCNCC1. The Morgan fingerprint density at radius 1 is 1.24 bits per heavy atom. The van der Waals surface area contributed by atoms with Crippen LogP contribution < -0.4 is 16.0 Å². The predicted octanol–water partition coefficient (Wildman–Crippen LogP) is 2.99. The minimum atomic E-state index is -0.263. The number of benzene rings is 1. The molecule has 6 heteroatoms. The van der Waals surface area contributed by atoms with E-state index in [0.29, 0.717) is 13.0 Å². The molecule has 134 valence electrons. The lowest BCUT2D eigenvalue weighted by molar-refractivity contribution is 0.233. The Kier molecular flexibility index (Phi) is 6.06. The smallest absolute Gasteiger partial charge is 0.315 e. The monoisotopic (exact) mass is 345 g/mol. The molecule has 25 heavy (non-hydrogen) atoms. The van der Waals surface area contributed by atoms with E-state index in [2.05, 4.69) is 16.0 Å². The number of hydrogen-bond donors (Lipinski definition) is 3. The molecule has 2 amide bonds. The Bertz CT molecular complexity index is 652. The van der Waals surface area contributed by atoms with Crippen molar-refractivity contribution >= 4 is 6.03 Å². The van der Waals surface area contributed by atoms with Crippen LogP contribution in [0.4, 0.5) is 9.18 Å². The average molecular weight is 345 g/mol. The van der Waals surface area contributed by atoms with Gasteiger partial charge in [-0.25, -0.2) is 9.18 Å². The Morgan fingerprint density at radius 3 is 2.68 bits per heavy atom. The molecule has 5 nitrogen and oxygen atoms in total. The summed E-state index contributed by atoms with van der Waals surface area (Å²) in [5.41, 5.74) is 0.969. The molecule has 1 aromatic heterocycles. The Hall–Kier alpha value is -2.34. The number of carbonyl (C=O) groups excluding carboxylic acids is 1. The zero-order valence-corrected chi connectivity index (χ0v) is 14.1. The molecule has 1 fully saturated rings. The molecule has 3 N–H and O–H groups in total. The molecule has 2 heterocycles. The number of carbonyl (C=O) groups is 1. The first-order valence-corrected chi connectivity index (χ1v) is 8.76. The van der Waals surface area contributed by atoms with Gasteiger partial charge in [-0.3, -0.25) is 0 Å². The molecule has 1 saturated heterocycles. The minimum Gasteiger partial charge on any atom is -0.469 e. The second kappa shape index (κ2) is 8.67. The van der Waals surface area contributed by atoms with Crippen LogP contribution in [0.15, 0.2) is 47.1 Å². The summed E-state index contributed by atoms with van der Waals surface area (Å²) in [6.07, 6.45) is 4.22. The second-order valence-electron chi connectivity index (χ2n) is 6.33. The van der Waals surface area contributed by atoms with E-state index in [9.17, 15) is 9.18 Å². The first-order valence-electron chi connectivity index (χ1n) is 8.76. The van der Waals surface area contributed by atoms with Crippen molar-refractivity contribution in [2.45, 2.75) is 31.2 Å². The van der Waals surface area contributed by atoms with Gasteiger partial charge in [0.25, 0.3) is 0 Å². The molecule has 0 saturated carbocycles. The highest BCUT2D eigenvalue weighted by atomic mass is 19.1. The van der Waals surface area contributed by atoms with Crippen molar-refractivity contribution in [3.63, 3.8) is 0 Å². The standard InChI is InChI=1S/C19H24FN3O2/c20-15-5-3-14(4-6-15)17(18-2-1-13-25-18)9-12-22-19(24)23-16-7-10-21-11-8-16/h1-6,13,16-17,21H,7-12H2,(H2,22,23,24). The van der Waals surface area contributed by atoms with Gasteiger partial charge in [-0.05, 0) is 62.2 Å². The van der Waals surface area contributed by atoms with Crippen molar-refractivity contribution in [3.8, 4) is 0 Å². The molecule has 0 spiro atoms. The van der Waals surface area contributed by atoms with Crippen molar-refractivity contribution in [1.29, 1.82) is 0 Å². The topological polar surface area (TPSA) is 66.3 Å². The van der Waals surface area contributed by atoms with Gasteiger partial charge < -0.3 is 20.4 Å². The molecule has 1 aromatic carbocycles. The van der Waals surface area contributed by atoms with Crippen molar-refractivity contribution in [3.05, 3.63) is 59.8 Å². The molecule has 1 aliphatic heterocycles. The van der Waals surface area contributed by atoms with Crippen molar-refractivity contribution in [2.24, 2.45) is 0 Å². The van der Waals surface area contributed by atoms with E-state index >= 15 is 0 Å². The molecule has 3 rings (SSSR count). The van der Waals surface area contributed by atoms with Crippen LogP contribution in [-0.4, -0.2) is 31.7 Å².